The van der Waals surface area contributed by atoms with Gasteiger partial charge in [-0.05, 0) is 189 Å². The molecule has 2 heterocycles. The zero-order valence-electron chi connectivity index (χ0n) is 107. The monoisotopic (exact) mass is 1300 g/mol. The first-order valence-corrected chi connectivity index (χ1v) is 29.1. The van der Waals surface area contributed by atoms with Gasteiger partial charge in [-0.2, -0.15) is 0 Å². The van der Waals surface area contributed by atoms with Crippen LogP contribution in [-0.2, 0) is 0 Å². The van der Waals surface area contributed by atoms with Crippen LogP contribution in [0.15, 0.2) is 359 Å². The third-order valence-corrected chi connectivity index (χ3v) is 16.4. The summed E-state index contributed by atoms with van der Waals surface area (Å²) in [4.78, 5) is 0. The highest BCUT2D eigenvalue weighted by Gasteiger charge is 2.24. The quantitative estimate of drug-likeness (QED) is 0.155. The molecule has 0 atom stereocenters. The van der Waals surface area contributed by atoms with Gasteiger partial charge in [-0.3, -0.25) is 0 Å². The largest absolute Gasteiger partial charge is 0.455 e. The second-order valence-corrected chi connectivity index (χ2v) is 21.5. The Bertz CT molecular complexity index is 10300. The second-order valence-electron chi connectivity index (χ2n) is 21.5. The van der Waals surface area contributed by atoms with Crippen molar-refractivity contribution in [3.8, 4) is 66.8 Å². The van der Waals surface area contributed by atoms with Crippen LogP contribution in [0.25, 0.3) is 208 Å². The highest BCUT2D eigenvalue weighted by Crippen LogP contribution is 2.51. The van der Waals surface area contributed by atoms with Crippen LogP contribution >= 0.6 is 0 Å². The van der Waals surface area contributed by atoms with E-state index in [0.717, 1.165) is 0 Å². The first kappa shape index (κ1) is 22.9. The van der Waals surface area contributed by atoms with Crippen molar-refractivity contribution in [3.05, 3.63) is 350 Å². The highest BCUT2D eigenvalue weighted by atomic mass is 16.3. The van der Waals surface area contributed by atoms with Crippen molar-refractivity contribution >= 4 is 141 Å². The minimum Gasteiger partial charge on any atom is -0.455 e. The zero-order valence-corrected chi connectivity index (χ0v) is 48.8. The number of rotatable bonds is 6. The summed E-state index contributed by atoms with van der Waals surface area (Å²) in [5.41, 5.74) is -11.7. The summed E-state index contributed by atoms with van der Waals surface area (Å²) < 4.78 is 538. The average Bonchev–Trinajstić information content (AvgIpc) is 1.46. The standard InChI is InChI=1S/C50H30O.C46H28O/c1-3-15-34-31(12-1)14-11-23-36(34)39-27-28-44(38-18-6-5-17-37(38)39)49-42-21-9-7-19-40(42)48(41-20-8-10-22-43(41)49)33-25-29-47-46(30-33)45-26-24-32-13-2-4-16-35(32)50(45)51-47;1-2-12-29(13-3-1)32-25-26-40(35-17-7-6-16-34(32)35)45-38-20-10-8-18-36(38)44(37-19-9-11-21-39(37)45)31-23-27-43-42(28-31)41-24-22-30-14-4-5-15-33(30)46(41)47-43/h1-30H;1-28H/i1D,2D,3D,4D,5D,6D,7D,8D,9D,10D,11D,12D,13D,14D,15D,16D,17D,18D,19D,20D,21D,22D,23D,24D,25D,26D,27D,28D,29D,30D;1D,2D,3D,4D,5D,6D,7D,8D,9D,10D,11D,12D,13D,14D,15D,16D,17D,18D,19D,20D,21D,22D,23D,24D,25D,26D,27D,28D. The molecule has 2 aromatic heterocycles. The zero-order chi connectivity index (χ0) is 115. The number of hydrogen-bond donors (Lipinski definition) is 0. The highest BCUT2D eigenvalue weighted by molar-refractivity contribution is 6.28. The molecule has 0 aliphatic carbocycles. The Morgan fingerprint density at radius 3 is 0.908 bits per heavy atom. The number of fused-ring (bicyclic) bond motifs is 17. The summed E-state index contributed by atoms with van der Waals surface area (Å²) in [5.74, 6) is 0. The maximum Gasteiger partial charge on any atom is 0.143 e. The fourth-order valence-corrected chi connectivity index (χ4v) is 12.3. The second kappa shape index (κ2) is 22.4. The molecule has 98 heavy (non-hydrogen) atoms. The first-order chi connectivity index (χ1) is 72.8. The molecule has 454 valence electrons. The van der Waals surface area contributed by atoms with E-state index in [0.29, 0.717) is 0 Å². The topological polar surface area (TPSA) is 26.3 Å². The van der Waals surface area contributed by atoms with E-state index in [1.54, 1.807) is 0 Å². The molecular formula is C96H58O2. The molecule has 0 radical (unpaired) electrons. The molecule has 2 heteroatoms. The van der Waals surface area contributed by atoms with Crippen molar-refractivity contribution < 1.29 is 88.3 Å². The summed E-state index contributed by atoms with van der Waals surface area (Å²) in [6.45, 7) is 0. The van der Waals surface area contributed by atoms with Gasteiger partial charge in [0, 0.05) is 32.3 Å². The van der Waals surface area contributed by atoms with Gasteiger partial charge in [-0.15, -0.1) is 0 Å². The summed E-state index contributed by atoms with van der Waals surface area (Å²) in [6, 6.07) is -54.8. The molecule has 2 nitrogen and oxygen atoms in total. The minimum atomic E-state index is -1.14. The normalized spacial score (nSPS) is 20.2. The predicted molar refractivity (Wildman–Crippen MR) is 418 cm³/mol. The Hall–Kier alpha value is -12.9. The van der Waals surface area contributed by atoms with Crippen molar-refractivity contribution in [2.24, 2.45) is 0 Å². The molecule has 21 aromatic rings. The molecule has 0 bridgehead atoms. The van der Waals surface area contributed by atoms with Crippen LogP contribution in [0, 0.1) is 0 Å². The van der Waals surface area contributed by atoms with Crippen molar-refractivity contribution in [1.82, 2.24) is 0 Å². The van der Waals surface area contributed by atoms with E-state index in [4.69, 9.17) is 55.4 Å². The lowest BCUT2D eigenvalue weighted by Gasteiger charge is -2.20. The number of hydrogen-bond acceptors (Lipinski definition) is 2. The predicted octanol–water partition coefficient (Wildman–Crippen LogP) is 27.6. The lowest BCUT2D eigenvalue weighted by atomic mass is 9.83. The molecule has 0 aliphatic heterocycles. The molecule has 0 saturated heterocycles. The third kappa shape index (κ3) is 8.68. The van der Waals surface area contributed by atoms with Crippen molar-refractivity contribution in [2.45, 2.75) is 0 Å². The summed E-state index contributed by atoms with van der Waals surface area (Å²) >= 11 is 0. The van der Waals surface area contributed by atoms with E-state index < -0.39 is 558 Å². The lowest BCUT2D eigenvalue weighted by Crippen LogP contribution is -1.92. The van der Waals surface area contributed by atoms with E-state index in [-0.39, 0.29) is 0 Å². The van der Waals surface area contributed by atoms with E-state index >= 15 is 0 Å². The van der Waals surface area contributed by atoms with Gasteiger partial charge in [-0.25, -0.2) is 0 Å². The molecule has 0 aliphatic rings. The van der Waals surface area contributed by atoms with E-state index in [1.165, 1.54) is 0 Å². The van der Waals surface area contributed by atoms with Crippen LogP contribution in [-0.4, -0.2) is 0 Å². The number of benzene rings is 19. The summed E-state index contributed by atoms with van der Waals surface area (Å²) in [7, 11) is 0. The Balaban J connectivity index is 0.000000188. The van der Waals surface area contributed by atoms with E-state index in [1.807, 2.05) is 0 Å². The van der Waals surface area contributed by atoms with Gasteiger partial charge in [0.15, 0.2) is 0 Å². The van der Waals surface area contributed by atoms with Crippen molar-refractivity contribution in [1.29, 1.82) is 0 Å². The Morgan fingerprint density at radius 2 is 0.469 bits per heavy atom. The number of furan rings is 2. The first-order valence-electron chi connectivity index (χ1n) is 58.1. The van der Waals surface area contributed by atoms with Gasteiger partial charge in [0.25, 0.3) is 0 Å². The van der Waals surface area contributed by atoms with E-state index in [2.05, 4.69) is 0 Å². The summed E-state index contributed by atoms with van der Waals surface area (Å²) in [5, 5.41) is -14.5. The lowest BCUT2D eigenvalue weighted by molar-refractivity contribution is 0.672. The molecule has 0 unspecified atom stereocenters. The molecule has 21 rings (SSSR count). The van der Waals surface area contributed by atoms with Crippen LogP contribution < -0.4 is 0 Å². The van der Waals surface area contributed by atoms with Gasteiger partial charge >= 0.3 is 0 Å². The molecule has 0 N–H and O–H groups in total. The Kier molecular flexibility index (Phi) is 5.24. The Morgan fingerprint density at radius 1 is 0.163 bits per heavy atom. The van der Waals surface area contributed by atoms with Crippen LogP contribution in [0.1, 0.15) is 79.5 Å². The van der Waals surface area contributed by atoms with Gasteiger partial charge < -0.3 is 8.83 Å². The summed E-state index contributed by atoms with van der Waals surface area (Å²) in [6.07, 6.45) is 0. The van der Waals surface area contributed by atoms with Crippen LogP contribution in [0.3, 0.4) is 0 Å². The molecule has 0 spiro atoms. The maximum atomic E-state index is 9.95. The van der Waals surface area contributed by atoms with Crippen molar-refractivity contribution in [2.75, 3.05) is 0 Å². The van der Waals surface area contributed by atoms with E-state index in [9.17, 15) is 32.9 Å². The van der Waals surface area contributed by atoms with Gasteiger partial charge in [0.05, 0.1) is 79.5 Å². The fraction of sp³-hybridized carbons (Fsp3) is 0. The maximum absolute atomic E-state index is 9.95. The van der Waals surface area contributed by atoms with Gasteiger partial charge in [0.2, 0.25) is 0 Å². The van der Waals surface area contributed by atoms with Gasteiger partial charge in [-0.1, -0.05) is 314 Å². The molecule has 19 aromatic carbocycles. The van der Waals surface area contributed by atoms with Gasteiger partial charge in [0.1, 0.15) is 22.3 Å². The third-order valence-electron chi connectivity index (χ3n) is 16.4. The Labute approximate surface area is 646 Å². The van der Waals surface area contributed by atoms with Crippen LogP contribution in [0.4, 0.5) is 0 Å². The SMILES string of the molecule is [2H]c1c(-c2c3c([2H])c([2H])c([2H])c([2H])c3c(-c3c([2H])c([2H])c(-c4c([2H])c([2H])c([2H])c5c([2H])c([2H])c([2H])c([2H])c45)c4c([2H])c([2H])c([2H])c([2H])c34)c3c([2H])c([2H])c([2H])c([2H])c23)c([2H])c2c(oc3c4c([2H])c([2H])c([2H])c([2H])c4c([2H])c([2H])c32)c1[2H].[2H]c1c([2H])c([2H])c(-c2c([2H])c([2H])c(-c3c4c([2H])c([2H])c([2H])c([2H])c4c(-c4c([2H])c([2H])c5oc6c7c([2H])c([2H])c([2H])c([2H])c7c([2H])c([2H])c6c5c4[2H])c4c([2H])c([2H])c([2H])c([2H])c34)c3c([2H])c([2H])c([2H])c([2H])c23)c([2H])c1[2H]. The average molecular weight is 1300 g/mol. The molecule has 0 amide bonds. The van der Waals surface area contributed by atoms with Crippen LogP contribution in [0.5, 0.6) is 0 Å². The van der Waals surface area contributed by atoms with Crippen molar-refractivity contribution in [3.63, 3.8) is 0 Å². The minimum absolute atomic E-state index is 0.425. The fourth-order valence-electron chi connectivity index (χ4n) is 12.3. The molecule has 0 fully saturated rings. The smallest absolute Gasteiger partial charge is 0.143 e. The molecular weight excluding hydrogens is 1190 g/mol. The van der Waals surface area contributed by atoms with Crippen LogP contribution in [0.2, 0.25) is 0 Å². The molecule has 0 saturated carbocycles.